The van der Waals surface area contributed by atoms with Crippen molar-refractivity contribution < 1.29 is 0 Å². The fraction of sp³-hybridized carbons (Fsp3) is 0.0833. The molecule has 0 fully saturated rings. The largest absolute Gasteiger partial charge is 0.399 e. The van der Waals surface area contributed by atoms with Crippen LogP contribution in [-0.2, 0) is 6.42 Å². The van der Waals surface area contributed by atoms with Gasteiger partial charge in [0, 0.05) is 28.3 Å². The SMILES string of the molecule is Nc1cccc(Cc2[nH]c(=O)ccc2Br)c1. The third-order valence-electron chi connectivity index (χ3n) is 2.28. The molecule has 0 saturated heterocycles. The summed E-state index contributed by atoms with van der Waals surface area (Å²) in [7, 11) is 0. The van der Waals surface area contributed by atoms with Crippen LogP contribution >= 0.6 is 15.9 Å². The molecule has 0 radical (unpaired) electrons. The molecule has 0 bridgehead atoms. The van der Waals surface area contributed by atoms with Gasteiger partial charge in [0.15, 0.2) is 0 Å². The van der Waals surface area contributed by atoms with Crippen molar-refractivity contribution in [3.8, 4) is 0 Å². The Hall–Kier alpha value is -1.55. The molecule has 1 aromatic heterocycles. The first-order valence-electron chi connectivity index (χ1n) is 4.87. The molecule has 2 aromatic rings. The number of hydrogen-bond acceptors (Lipinski definition) is 2. The number of nitrogens with two attached hydrogens (primary N) is 1. The average molecular weight is 279 g/mol. The van der Waals surface area contributed by atoms with E-state index in [1.807, 2.05) is 24.3 Å². The number of anilines is 1. The van der Waals surface area contributed by atoms with Gasteiger partial charge in [-0.1, -0.05) is 12.1 Å². The minimum Gasteiger partial charge on any atom is -0.399 e. The lowest BCUT2D eigenvalue weighted by Gasteiger charge is -2.04. The Morgan fingerprint density at radius 1 is 1.25 bits per heavy atom. The molecule has 0 unspecified atom stereocenters. The van der Waals surface area contributed by atoms with Crippen LogP contribution in [0.25, 0.3) is 0 Å². The van der Waals surface area contributed by atoms with Gasteiger partial charge in [0.2, 0.25) is 5.56 Å². The Kier molecular flexibility index (Phi) is 3.10. The lowest BCUT2D eigenvalue weighted by atomic mass is 10.1. The molecule has 0 saturated carbocycles. The molecule has 0 spiro atoms. The number of nitrogens with one attached hydrogen (secondary N) is 1. The van der Waals surface area contributed by atoms with Crippen molar-refractivity contribution in [2.24, 2.45) is 0 Å². The smallest absolute Gasteiger partial charge is 0.248 e. The molecule has 16 heavy (non-hydrogen) atoms. The van der Waals surface area contributed by atoms with Gasteiger partial charge in [0.1, 0.15) is 0 Å². The highest BCUT2D eigenvalue weighted by atomic mass is 79.9. The normalized spacial score (nSPS) is 10.3. The first kappa shape index (κ1) is 11.0. The van der Waals surface area contributed by atoms with Crippen molar-refractivity contribution in [2.75, 3.05) is 5.73 Å². The molecule has 0 atom stereocenters. The average Bonchev–Trinajstić information content (AvgIpc) is 2.24. The second kappa shape index (κ2) is 4.53. The van der Waals surface area contributed by atoms with Gasteiger partial charge < -0.3 is 10.7 Å². The Balaban J connectivity index is 2.33. The summed E-state index contributed by atoms with van der Waals surface area (Å²) < 4.78 is 0.898. The zero-order valence-electron chi connectivity index (χ0n) is 8.53. The molecule has 0 aliphatic rings. The molecule has 2 rings (SSSR count). The first-order chi connectivity index (χ1) is 7.65. The number of rotatable bonds is 2. The molecule has 0 aliphatic carbocycles. The maximum absolute atomic E-state index is 11.2. The van der Waals surface area contributed by atoms with E-state index in [1.54, 1.807) is 6.07 Å². The molecular weight excluding hydrogens is 268 g/mol. The van der Waals surface area contributed by atoms with Crippen molar-refractivity contribution in [3.05, 3.63) is 62.5 Å². The monoisotopic (exact) mass is 278 g/mol. The fourth-order valence-corrected chi connectivity index (χ4v) is 1.91. The number of aromatic nitrogens is 1. The van der Waals surface area contributed by atoms with Crippen LogP contribution in [0.1, 0.15) is 11.3 Å². The maximum atomic E-state index is 11.2. The van der Waals surface area contributed by atoms with Gasteiger partial charge in [-0.3, -0.25) is 4.79 Å². The number of nitrogen functional groups attached to an aromatic ring is 1. The predicted molar refractivity (Wildman–Crippen MR) is 68.4 cm³/mol. The zero-order chi connectivity index (χ0) is 11.5. The number of H-pyrrole nitrogens is 1. The van der Waals surface area contributed by atoms with E-state index in [0.717, 1.165) is 21.4 Å². The third-order valence-corrected chi connectivity index (χ3v) is 3.02. The van der Waals surface area contributed by atoms with E-state index in [1.165, 1.54) is 6.07 Å². The summed E-state index contributed by atoms with van der Waals surface area (Å²) in [5, 5.41) is 0. The van der Waals surface area contributed by atoms with Crippen LogP contribution < -0.4 is 11.3 Å². The first-order valence-corrected chi connectivity index (χ1v) is 5.66. The molecular formula is C12H11BrN2O. The van der Waals surface area contributed by atoms with E-state index >= 15 is 0 Å². The van der Waals surface area contributed by atoms with Gasteiger partial charge in [-0.25, -0.2) is 0 Å². The van der Waals surface area contributed by atoms with Gasteiger partial charge in [-0.15, -0.1) is 0 Å². The number of hydrogen-bond donors (Lipinski definition) is 2. The van der Waals surface area contributed by atoms with Crippen LogP contribution in [0.15, 0.2) is 45.7 Å². The predicted octanol–water partition coefficient (Wildman–Crippen LogP) is 2.31. The topological polar surface area (TPSA) is 58.9 Å². The lowest BCUT2D eigenvalue weighted by Crippen LogP contribution is -2.08. The minimum atomic E-state index is -0.0953. The summed E-state index contributed by atoms with van der Waals surface area (Å²) in [6.07, 6.45) is 0.654. The number of benzene rings is 1. The van der Waals surface area contributed by atoms with Crippen LogP contribution in [0, 0.1) is 0 Å². The zero-order valence-corrected chi connectivity index (χ0v) is 10.1. The number of aromatic amines is 1. The van der Waals surface area contributed by atoms with E-state index in [9.17, 15) is 4.79 Å². The van der Waals surface area contributed by atoms with Crippen LogP contribution in [0.2, 0.25) is 0 Å². The van der Waals surface area contributed by atoms with Crippen molar-refractivity contribution in [1.82, 2.24) is 4.98 Å². The Bertz CT molecular complexity index is 563. The van der Waals surface area contributed by atoms with Gasteiger partial charge in [0.25, 0.3) is 0 Å². The lowest BCUT2D eigenvalue weighted by molar-refractivity contribution is 1.03. The Labute approximate surface area is 101 Å². The third kappa shape index (κ3) is 2.52. The van der Waals surface area contributed by atoms with Crippen molar-refractivity contribution in [2.45, 2.75) is 6.42 Å². The highest BCUT2D eigenvalue weighted by Gasteiger charge is 2.02. The van der Waals surface area contributed by atoms with Gasteiger partial charge in [-0.2, -0.15) is 0 Å². The highest BCUT2D eigenvalue weighted by Crippen LogP contribution is 2.17. The number of halogens is 1. The summed E-state index contributed by atoms with van der Waals surface area (Å²) in [5.74, 6) is 0. The van der Waals surface area contributed by atoms with Gasteiger partial charge in [0.05, 0.1) is 0 Å². The van der Waals surface area contributed by atoms with Crippen molar-refractivity contribution in [1.29, 1.82) is 0 Å². The Morgan fingerprint density at radius 3 is 2.81 bits per heavy atom. The highest BCUT2D eigenvalue weighted by molar-refractivity contribution is 9.10. The Morgan fingerprint density at radius 2 is 2.06 bits per heavy atom. The fourth-order valence-electron chi connectivity index (χ4n) is 1.54. The van der Waals surface area contributed by atoms with Crippen LogP contribution in [-0.4, -0.2) is 4.98 Å². The van der Waals surface area contributed by atoms with Gasteiger partial charge in [-0.05, 0) is 39.7 Å². The van der Waals surface area contributed by atoms with E-state index in [-0.39, 0.29) is 5.56 Å². The molecule has 1 aromatic carbocycles. The molecule has 82 valence electrons. The van der Waals surface area contributed by atoms with Crippen molar-refractivity contribution in [3.63, 3.8) is 0 Å². The van der Waals surface area contributed by atoms with Gasteiger partial charge >= 0.3 is 0 Å². The molecule has 3 nitrogen and oxygen atoms in total. The van der Waals surface area contributed by atoms with E-state index in [0.29, 0.717) is 6.42 Å². The standard InChI is InChI=1S/C12H11BrN2O/c13-10-4-5-12(16)15-11(10)7-8-2-1-3-9(14)6-8/h1-6H,7,14H2,(H,15,16). The number of pyridine rings is 1. The summed E-state index contributed by atoms with van der Waals surface area (Å²) in [6, 6.07) is 10.9. The molecule has 1 heterocycles. The van der Waals surface area contributed by atoms with Crippen LogP contribution in [0.3, 0.4) is 0 Å². The molecule has 4 heteroatoms. The quantitative estimate of drug-likeness (QED) is 0.829. The van der Waals surface area contributed by atoms with Crippen molar-refractivity contribution >= 4 is 21.6 Å². The summed E-state index contributed by atoms with van der Waals surface area (Å²) in [4.78, 5) is 14.0. The van der Waals surface area contributed by atoms with Crippen LogP contribution in [0.4, 0.5) is 5.69 Å². The summed E-state index contributed by atoms with van der Waals surface area (Å²) >= 11 is 3.41. The second-order valence-corrected chi connectivity index (χ2v) is 4.43. The molecule has 0 aliphatic heterocycles. The van der Waals surface area contributed by atoms with E-state index in [4.69, 9.17) is 5.73 Å². The van der Waals surface area contributed by atoms with E-state index < -0.39 is 0 Å². The molecule has 0 amide bonds. The summed E-state index contributed by atoms with van der Waals surface area (Å²) in [5.41, 5.74) is 8.26. The van der Waals surface area contributed by atoms with Crippen LogP contribution in [0.5, 0.6) is 0 Å². The maximum Gasteiger partial charge on any atom is 0.248 e. The van der Waals surface area contributed by atoms with E-state index in [2.05, 4.69) is 20.9 Å². The second-order valence-electron chi connectivity index (χ2n) is 3.57. The molecule has 3 N–H and O–H groups in total. The minimum absolute atomic E-state index is 0.0953. The summed E-state index contributed by atoms with van der Waals surface area (Å²) in [6.45, 7) is 0.